The minimum atomic E-state index is -0.465. The number of rotatable bonds is 6. The summed E-state index contributed by atoms with van der Waals surface area (Å²) in [5.41, 5.74) is 0.282. The molecule has 7 nitrogen and oxygen atoms in total. The van der Waals surface area contributed by atoms with E-state index in [1.165, 1.54) is 10.8 Å². The molecule has 0 aliphatic heterocycles. The lowest BCUT2D eigenvalue weighted by molar-refractivity contribution is 0.432. The molecule has 0 atom stereocenters. The summed E-state index contributed by atoms with van der Waals surface area (Å²) in [6, 6.07) is 9.09. The Morgan fingerprint density at radius 2 is 2.12 bits per heavy atom. The number of hydrogen-bond acceptors (Lipinski definition) is 5. The molecule has 128 valence electrons. The van der Waals surface area contributed by atoms with E-state index in [1.807, 2.05) is 29.0 Å². The van der Waals surface area contributed by atoms with E-state index in [2.05, 4.69) is 15.0 Å². The minimum absolute atomic E-state index is 0.0834. The first-order valence-corrected chi connectivity index (χ1v) is 8.17. The monoisotopic (exact) mass is 355 g/mol. The molecule has 8 heteroatoms. The van der Waals surface area contributed by atoms with Crippen molar-refractivity contribution in [2.24, 2.45) is 4.99 Å². The van der Waals surface area contributed by atoms with Crippen LogP contribution in [0.3, 0.4) is 0 Å². The Morgan fingerprint density at radius 1 is 1.32 bits per heavy atom. The molecule has 2 aromatic heterocycles. The largest absolute Gasteiger partial charge is 0.494 e. The lowest BCUT2D eigenvalue weighted by atomic mass is 10.3. The van der Waals surface area contributed by atoms with Gasteiger partial charge >= 0.3 is 0 Å². The van der Waals surface area contributed by atoms with Gasteiger partial charge in [-0.2, -0.15) is 0 Å². The maximum absolute atomic E-state index is 12.1. The number of H-pyrrole nitrogens is 1. The first kappa shape index (κ1) is 16.8. The van der Waals surface area contributed by atoms with Crippen molar-refractivity contribution in [1.82, 2.24) is 19.1 Å². The maximum atomic E-state index is 12.1. The number of aromatic nitrogens is 4. The summed E-state index contributed by atoms with van der Waals surface area (Å²) in [6.07, 6.45) is 7.52. The van der Waals surface area contributed by atoms with E-state index < -0.39 is 5.56 Å². The van der Waals surface area contributed by atoms with E-state index in [0.717, 1.165) is 13.0 Å². The van der Waals surface area contributed by atoms with E-state index in [-0.39, 0.29) is 16.2 Å². The van der Waals surface area contributed by atoms with Crippen LogP contribution in [0.2, 0.25) is 0 Å². The SMILES string of the molecule is O=c1[nH]c(=S)n(-c2ccccc2)c(O)c1C=NCCCn1ccnc1. The van der Waals surface area contributed by atoms with Crippen LogP contribution in [0.25, 0.3) is 5.69 Å². The van der Waals surface area contributed by atoms with Gasteiger partial charge in [0.1, 0.15) is 5.56 Å². The first-order valence-electron chi connectivity index (χ1n) is 7.76. The zero-order chi connectivity index (χ0) is 17.6. The van der Waals surface area contributed by atoms with Gasteiger partial charge in [0.05, 0.1) is 12.0 Å². The third-order valence-electron chi connectivity index (χ3n) is 3.62. The van der Waals surface area contributed by atoms with E-state index in [9.17, 15) is 9.90 Å². The zero-order valence-corrected chi connectivity index (χ0v) is 14.2. The van der Waals surface area contributed by atoms with Gasteiger partial charge in [0.2, 0.25) is 5.88 Å². The molecule has 0 aliphatic rings. The van der Waals surface area contributed by atoms with Crippen molar-refractivity contribution in [3.63, 3.8) is 0 Å². The second-order valence-corrected chi connectivity index (χ2v) is 5.74. The van der Waals surface area contributed by atoms with Gasteiger partial charge in [0, 0.05) is 31.7 Å². The van der Waals surface area contributed by atoms with Gasteiger partial charge in [-0.25, -0.2) is 4.98 Å². The predicted octanol–water partition coefficient (Wildman–Crippen LogP) is 2.31. The quantitative estimate of drug-likeness (QED) is 0.403. The first-order chi connectivity index (χ1) is 12.2. The Labute approximate surface area is 149 Å². The smallest absolute Gasteiger partial charge is 0.264 e. The Hall–Kier alpha value is -3.00. The Balaban J connectivity index is 1.80. The number of aromatic hydroxyl groups is 1. The highest BCUT2D eigenvalue weighted by atomic mass is 32.1. The average molecular weight is 355 g/mol. The van der Waals surface area contributed by atoms with Crippen molar-refractivity contribution < 1.29 is 5.11 Å². The van der Waals surface area contributed by atoms with Crippen molar-refractivity contribution in [2.75, 3.05) is 6.54 Å². The molecule has 0 unspecified atom stereocenters. The van der Waals surface area contributed by atoms with Crippen molar-refractivity contribution >= 4 is 18.4 Å². The molecule has 0 fully saturated rings. The van der Waals surface area contributed by atoms with Crippen LogP contribution in [0, 0.1) is 4.77 Å². The summed E-state index contributed by atoms with van der Waals surface area (Å²) in [6.45, 7) is 1.31. The second kappa shape index (κ2) is 7.71. The van der Waals surface area contributed by atoms with Crippen LogP contribution in [-0.2, 0) is 6.54 Å². The van der Waals surface area contributed by atoms with E-state index in [4.69, 9.17) is 12.2 Å². The summed E-state index contributed by atoms with van der Waals surface area (Å²) in [7, 11) is 0. The number of para-hydroxylation sites is 1. The summed E-state index contributed by atoms with van der Waals surface area (Å²) in [5.74, 6) is -0.224. The van der Waals surface area contributed by atoms with E-state index in [1.54, 1.807) is 24.7 Å². The number of imidazole rings is 1. The standard InChI is InChI=1S/C17H17N5O2S/c23-15-14(11-18-7-4-9-21-10-8-19-12-21)16(24)22(17(25)20-15)13-5-2-1-3-6-13/h1-3,5-6,8,10-12,24H,4,7,9H2,(H,20,23,25). The van der Waals surface area contributed by atoms with Crippen LogP contribution in [0.4, 0.5) is 0 Å². The molecule has 1 aromatic carbocycles. The van der Waals surface area contributed by atoms with Crippen molar-refractivity contribution in [3.05, 3.63) is 69.7 Å². The van der Waals surface area contributed by atoms with Gasteiger partial charge in [-0.15, -0.1) is 0 Å². The maximum Gasteiger partial charge on any atom is 0.264 e. The van der Waals surface area contributed by atoms with Gasteiger partial charge in [-0.1, -0.05) is 18.2 Å². The summed E-state index contributed by atoms with van der Waals surface area (Å²) < 4.78 is 3.49. The zero-order valence-electron chi connectivity index (χ0n) is 13.4. The molecule has 0 amide bonds. The third kappa shape index (κ3) is 3.92. The number of nitrogens with one attached hydrogen (secondary N) is 1. The average Bonchev–Trinajstić information content (AvgIpc) is 3.11. The molecule has 0 bridgehead atoms. The molecule has 0 aliphatic carbocycles. The van der Waals surface area contributed by atoms with Gasteiger partial charge < -0.3 is 9.67 Å². The van der Waals surface area contributed by atoms with Gasteiger partial charge in [0.25, 0.3) is 5.56 Å². The van der Waals surface area contributed by atoms with E-state index in [0.29, 0.717) is 12.2 Å². The number of nitrogens with zero attached hydrogens (tertiary/aromatic N) is 4. The molecule has 0 radical (unpaired) electrons. The van der Waals surface area contributed by atoms with Gasteiger partial charge in [-0.05, 0) is 30.8 Å². The molecule has 25 heavy (non-hydrogen) atoms. The van der Waals surface area contributed by atoms with Gasteiger partial charge in [0.15, 0.2) is 4.77 Å². The molecule has 2 N–H and O–H groups in total. The predicted molar refractivity (Wildman–Crippen MR) is 98.2 cm³/mol. The highest BCUT2D eigenvalue weighted by Crippen LogP contribution is 2.18. The van der Waals surface area contributed by atoms with Crippen molar-refractivity contribution in [1.29, 1.82) is 0 Å². The Kier molecular flexibility index (Phi) is 5.20. The number of aromatic amines is 1. The molecule has 0 saturated carbocycles. The lowest BCUT2D eigenvalue weighted by Crippen LogP contribution is -2.18. The molecule has 0 spiro atoms. The van der Waals surface area contributed by atoms with Crippen molar-refractivity contribution in [3.8, 4) is 11.6 Å². The summed E-state index contributed by atoms with van der Waals surface area (Å²) >= 11 is 5.16. The highest BCUT2D eigenvalue weighted by Gasteiger charge is 2.12. The fraction of sp³-hybridized carbons (Fsp3) is 0.176. The number of aryl methyl sites for hydroxylation is 1. The molecular weight excluding hydrogens is 338 g/mol. The third-order valence-corrected chi connectivity index (χ3v) is 3.90. The number of aliphatic imine (C=N–C) groups is 1. The minimum Gasteiger partial charge on any atom is -0.494 e. The Morgan fingerprint density at radius 3 is 2.84 bits per heavy atom. The highest BCUT2D eigenvalue weighted by molar-refractivity contribution is 7.71. The molecule has 0 saturated heterocycles. The summed E-state index contributed by atoms with van der Waals surface area (Å²) in [4.78, 5) is 22.9. The van der Waals surface area contributed by atoms with Crippen LogP contribution < -0.4 is 5.56 Å². The van der Waals surface area contributed by atoms with Crippen LogP contribution >= 0.6 is 12.2 Å². The fourth-order valence-corrected chi connectivity index (χ4v) is 2.68. The molecule has 2 heterocycles. The second-order valence-electron chi connectivity index (χ2n) is 5.36. The van der Waals surface area contributed by atoms with Crippen LogP contribution in [0.15, 0.2) is 58.8 Å². The summed E-state index contributed by atoms with van der Waals surface area (Å²) in [5, 5.41) is 10.5. The topological polar surface area (TPSA) is 88.2 Å². The molecule has 3 rings (SSSR count). The molecule has 3 aromatic rings. The number of benzene rings is 1. The van der Waals surface area contributed by atoms with Crippen LogP contribution in [0.1, 0.15) is 12.0 Å². The number of hydrogen-bond donors (Lipinski definition) is 2. The van der Waals surface area contributed by atoms with E-state index >= 15 is 0 Å². The fourth-order valence-electron chi connectivity index (χ4n) is 2.39. The Bertz CT molecular complexity index is 975. The normalized spacial score (nSPS) is 11.2. The van der Waals surface area contributed by atoms with Crippen LogP contribution in [0.5, 0.6) is 5.88 Å². The van der Waals surface area contributed by atoms with Crippen LogP contribution in [-0.4, -0.2) is 37.0 Å². The lowest BCUT2D eigenvalue weighted by Gasteiger charge is -2.10. The molecular formula is C17H17N5O2S. The van der Waals surface area contributed by atoms with Crippen molar-refractivity contribution in [2.45, 2.75) is 13.0 Å². The van der Waals surface area contributed by atoms with Gasteiger partial charge in [-0.3, -0.25) is 19.3 Å².